The average Bonchev–Trinajstić information content (AvgIpc) is 3.74. The number of anilines is 1. The summed E-state index contributed by atoms with van der Waals surface area (Å²) in [6.07, 6.45) is 4.51. The average molecular weight is 751 g/mol. The van der Waals surface area contributed by atoms with Crippen LogP contribution in [0.25, 0.3) is 5.69 Å². The second-order valence-electron chi connectivity index (χ2n) is 14.8. The number of halogens is 1. The molecule has 2 aliphatic heterocycles. The number of carbonyl (C=O) groups excluding carboxylic acids is 4. The first-order valence-electron chi connectivity index (χ1n) is 19.4. The lowest BCUT2D eigenvalue weighted by Crippen LogP contribution is -2.46. The molecule has 11 nitrogen and oxygen atoms in total. The highest BCUT2D eigenvalue weighted by atomic mass is 19.1. The number of aromatic nitrogens is 2. The number of hydrogen-bond donors (Lipinski definition) is 2. The zero-order valence-corrected chi connectivity index (χ0v) is 32.0. The van der Waals surface area contributed by atoms with Crippen molar-refractivity contribution in [2.45, 2.75) is 84.8 Å². The molecule has 3 aromatic carbocycles. The van der Waals surface area contributed by atoms with E-state index >= 15 is 0 Å². The van der Waals surface area contributed by atoms with E-state index in [-0.39, 0.29) is 60.4 Å². The zero-order chi connectivity index (χ0) is 39.1. The van der Waals surface area contributed by atoms with Gasteiger partial charge in [0.2, 0.25) is 11.8 Å². The van der Waals surface area contributed by atoms with E-state index in [2.05, 4.69) is 19.2 Å². The SMILES string of the molecule is CCCCN(CCCC)C(=O)c1cc(C)n(-c2ccc(NC(=O)CC3CC(=O)N(Cc4ccc(F)cc4)C3)cc2C(=O)N2Cc3ccccc3C[C@H]2CO)n1. The fraction of sp³-hybridized carbons (Fsp3) is 0.419. The van der Waals surface area contributed by atoms with Crippen molar-refractivity contribution in [2.24, 2.45) is 5.92 Å². The number of benzene rings is 3. The standard InChI is InChI=1S/C43H51FN6O5/c1-4-6-18-47(19-7-5-2)43(55)38-20-29(3)50(46-38)39-17-16-35(24-37(39)42(54)49-27-33-11-9-8-10-32(33)23-36(49)28-51)45-40(52)21-31-22-41(53)48(26-31)25-30-12-14-34(44)15-13-30/h8-17,20,24,31,36,51H,4-7,18-19,21-23,25-28H2,1-3H3,(H,45,52)/t31?,36-/m0/s1. The highest BCUT2D eigenvalue weighted by Crippen LogP contribution is 2.30. The van der Waals surface area contributed by atoms with Crippen LogP contribution < -0.4 is 5.32 Å². The molecule has 0 radical (unpaired) electrons. The minimum Gasteiger partial charge on any atom is -0.394 e. The van der Waals surface area contributed by atoms with Crippen molar-refractivity contribution < 1.29 is 28.7 Å². The summed E-state index contributed by atoms with van der Waals surface area (Å²) in [7, 11) is 0. The first kappa shape index (κ1) is 39.3. The summed E-state index contributed by atoms with van der Waals surface area (Å²) in [5.74, 6) is -1.40. The van der Waals surface area contributed by atoms with Crippen LogP contribution in [-0.4, -0.2) is 85.5 Å². The van der Waals surface area contributed by atoms with Gasteiger partial charge >= 0.3 is 0 Å². The molecule has 55 heavy (non-hydrogen) atoms. The van der Waals surface area contributed by atoms with E-state index < -0.39 is 6.04 Å². The lowest BCUT2D eigenvalue weighted by Gasteiger charge is -2.36. The number of nitrogens with one attached hydrogen (secondary N) is 1. The Balaban J connectivity index is 1.26. The van der Waals surface area contributed by atoms with Crippen molar-refractivity contribution in [3.05, 3.63) is 112 Å². The molecule has 0 bridgehead atoms. The molecule has 1 saturated heterocycles. The van der Waals surface area contributed by atoms with E-state index in [0.29, 0.717) is 61.9 Å². The van der Waals surface area contributed by atoms with E-state index in [1.165, 1.54) is 12.1 Å². The van der Waals surface area contributed by atoms with Gasteiger partial charge in [-0.3, -0.25) is 19.2 Å². The van der Waals surface area contributed by atoms with Crippen molar-refractivity contribution in [3.63, 3.8) is 0 Å². The summed E-state index contributed by atoms with van der Waals surface area (Å²) < 4.78 is 15.0. The van der Waals surface area contributed by atoms with Gasteiger partial charge in [0.1, 0.15) is 5.82 Å². The summed E-state index contributed by atoms with van der Waals surface area (Å²) in [5, 5.41) is 18.1. The Morgan fingerprint density at radius 1 is 0.945 bits per heavy atom. The van der Waals surface area contributed by atoms with Crippen LogP contribution in [0.2, 0.25) is 0 Å². The summed E-state index contributed by atoms with van der Waals surface area (Å²) in [6, 6.07) is 20.2. The molecule has 6 rings (SSSR count). The minimum absolute atomic E-state index is 0.0628. The first-order valence-corrected chi connectivity index (χ1v) is 19.4. The van der Waals surface area contributed by atoms with Crippen LogP contribution in [0.3, 0.4) is 0 Å². The molecule has 2 aliphatic rings. The van der Waals surface area contributed by atoms with Gasteiger partial charge in [0.05, 0.1) is 23.9 Å². The van der Waals surface area contributed by atoms with E-state index in [0.717, 1.165) is 42.4 Å². The molecule has 0 spiro atoms. The third kappa shape index (κ3) is 9.30. The fourth-order valence-electron chi connectivity index (χ4n) is 7.54. The van der Waals surface area contributed by atoms with Gasteiger partial charge in [-0.15, -0.1) is 0 Å². The number of unbranched alkanes of at least 4 members (excludes halogenated alkanes) is 2. The number of hydrogen-bond acceptors (Lipinski definition) is 6. The molecule has 2 N–H and O–H groups in total. The van der Waals surface area contributed by atoms with Gasteiger partial charge in [-0.1, -0.05) is 63.1 Å². The normalized spacial score (nSPS) is 16.6. The molecule has 0 saturated carbocycles. The van der Waals surface area contributed by atoms with E-state index in [4.69, 9.17) is 5.10 Å². The predicted octanol–water partition coefficient (Wildman–Crippen LogP) is 6.30. The number of fused-ring (bicyclic) bond motifs is 1. The van der Waals surface area contributed by atoms with Crippen molar-refractivity contribution in [3.8, 4) is 5.69 Å². The molecule has 1 aromatic heterocycles. The number of aryl methyl sites for hydroxylation is 1. The van der Waals surface area contributed by atoms with E-state index in [1.54, 1.807) is 50.9 Å². The maximum absolute atomic E-state index is 14.6. The van der Waals surface area contributed by atoms with Crippen molar-refractivity contribution >= 4 is 29.3 Å². The van der Waals surface area contributed by atoms with Gasteiger partial charge in [-0.25, -0.2) is 9.07 Å². The molecular formula is C43H51FN6O5. The predicted molar refractivity (Wildman–Crippen MR) is 208 cm³/mol. The highest BCUT2D eigenvalue weighted by molar-refractivity contribution is 6.01. The Morgan fingerprint density at radius 3 is 2.35 bits per heavy atom. The van der Waals surface area contributed by atoms with Crippen LogP contribution in [0.4, 0.5) is 10.1 Å². The number of nitrogens with zero attached hydrogens (tertiary/aromatic N) is 5. The molecular weight excluding hydrogens is 700 g/mol. The molecule has 4 amide bonds. The molecule has 290 valence electrons. The van der Waals surface area contributed by atoms with Crippen LogP contribution in [0.1, 0.15) is 95.6 Å². The molecule has 0 aliphatic carbocycles. The van der Waals surface area contributed by atoms with Crippen LogP contribution in [0.5, 0.6) is 0 Å². The Bertz CT molecular complexity index is 2000. The number of aliphatic hydroxyl groups is 1. The number of carbonyl (C=O) groups is 4. The lowest BCUT2D eigenvalue weighted by molar-refractivity contribution is -0.128. The van der Waals surface area contributed by atoms with Crippen molar-refractivity contribution in [1.29, 1.82) is 0 Å². The Morgan fingerprint density at radius 2 is 1.65 bits per heavy atom. The summed E-state index contributed by atoms with van der Waals surface area (Å²) >= 11 is 0. The van der Waals surface area contributed by atoms with Crippen LogP contribution >= 0.6 is 0 Å². The van der Waals surface area contributed by atoms with Crippen LogP contribution in [-0.2, 0) is 29.1 Å². The number of likely N-dealkylation sites (tertiary alicyclic amines) is 1. The van der Waals surface area contributed by atoms with E-state index in [9.17, 15) is 28.7 Å². The quantitative estimate of drug-likeness (QED) is 0.147. The molecule has 1 fully saturated rings. The Kier molecular flexibility index (Phi) is 12.8. The molecule has 4 aromatic rings. The maximum atomic E-state index is 14.6. The zero-order valence-electron chi connectivity index (χ0n) is 32.0. The highest BCUT2D eigenvalue weighted by Gasteiger charge is 2.33. The molecule has 2 atom stereocenters. The summed E-state index contributed by atoms with van der Waals surface area (Å²) in [4.78, 5) is 59.8. The fourth-order valence-corrected chi connectivity index (χ4v) is 7.54. The Labute approximate surface area is 322 Å². The second-order valence-corrected chi connectivity index (χ2v) is 14.8. The van der Waals surface area contributed by atoms with E-state index in [1.807, 2.05) is 36.1 Å². The second kappa shape index (κ2) is 17.9. The third-order valence-corrected chi connectivity index (χ3v) is 10.6. The maximum Gasteiger partial charge on any atom is 0.274 e. The first-order chi connectivity index (χ1) is 26.6. The largest absolute Gasteiger partial charge is 0.394 e. The monoisotopic (exact) mass is 750 g/mol. The molecule has 1 unspecified atom stereocenters. The number of rotatable bonds is 15. The van der Waals surface area contributed by atoms with Gasteiger partial charge < -0.3 is 25.1 Å². The van der Waals surface area contributed by atoms with Gasteiger partial charge in [-0.05, 0) is 85.2 Å². The van der Waals surface area contributed by atoms with Crippen LogP contribution in [0, 0.1) is 18.7 Å². The number of aliphatic hydroxyl groups excluding tert-OH is 1. The van der Waals surface area contributed by atoms with Crippen molar-refractivity contribution in [2.75, 3.05) is 31.6 Å². The molecule has 3 heterocycles. The topological polar surface area (TPSA) is 128 Å². The van der Waals surface area contributed by atoms with Gasteiger partial charge in [0.15, 0.2) is 5.69 Å². The summed E-state index contributed by atoms with van der Waals surface area (Å²) in [5.41, 5.74) is 4.95. The van der Waals surface area contributed by atoms with Gasteiger partial charge in [0, 0.05) is 56.9 Å². The molecule has 12 heteroatoms. The van der Waals surface area contributed by atoms with Gasteiger partial charge in [0.25, 0.3) is 11.8 Å². The third-order valence-electron chi connectivity index (χ3n) is 10.6. The minimum atomic E-state index is -0.465. The smallest absolute Gasteiger partial charge is 0.274 e. The summed E-state index contributed by atoms with van der Waals surface area (Å²) in [6.45, 7) is 8.12. The number of amides is 4. The van der Waals surface area contributed by atoms with Gasteiger partial charge in [-0.2, -0.15) is 5.10 Å². The Hall–Kier alpha value is -5.36. The van der Waals surface area contributed by atoms with Crippen LogP contribution in [0.15, 0.2) is 72.8 Å². The lowest BCUT2D eigenvalue weighted by atomic mass is 9.93. The van der Waals surface area contributed by atoms with Crippen molar-refractivity contribution in [1.82, 2.24) is 24.5 Å².